The molecule has 0 nitrogen and oxygen atoms in total. The monoisotopic (exact) mass is 790 g/mol. The first kappa shape index (κ1) is 33.4. The predicted molar refractivity (Wildman–Crippen MR) is 204 cm³/mol. The third-order valence-corrected chi connectivity index (χ3v) is 71.1. The normalized spacial score (nSPS) is 17.1. The molecule has 2 aliphatic carbocycles. The van der Waals surface area contributed by atoms with E-state index in [2.05, 4.69) is 151 Å². The number of allylic oxidation sites excluding steroid dienone is 2. The third-order valence-electron chi connectivity index (χ3n) is 13.0. The van der Waals surface area contributed by atoms with Crippen LogP contribution >= 0.6 is 0 Å². The second kappa shape index (κ2) is 11.8. The zero-order chi connectivity index (χ0) is 33.3. The second-order valence-corrected chi connectivity index (χ2v) is 61.9. The summed E-state index contributed by atoms with van der Waals surface area (Å²) in [6.07, 6.45) is 10.5. The molecular formula is C44H54HfSi. The molecule has 0 saturated heterocycles. The van der Waals surface area contributed by atoms with Crippen molar-refractivity contribution < 1.29 is 17.1 Å². The molecule has 46 heavy (non-hydrogen) atoms. The molecule has 238 valence electrons. The first-order valence-corrected chi connectivity index (χ1v) is 36.2. The van der Waals surface area contributed by atoms with Crippen molar-refractivity contribution in [1.29, 1.82) is 0 Å². The fourth-order valence-corrected chi connectivity index (χ4v) is 66.2. The molecule has 0 bridgehead atoms. The minimum absolute atomic E-state index is 0.557. The van der Waals surface area contributed by atoms with Gasteiger partial charge in [0.1, 0.15) is 0 Å². The predicted octanol–water partition coefficient (Wildman–Crippen LogP) is 13.1. The van der Waals surface area contributed by atoms with Crippen molar-refractivity contribution >= 4 is 17.6 Å². The molecular weight excluding hydrogens is 735 g/mol. The molecule has 0 N–H and O–H groups in total. The number of rotatable bonds is 6. The van der Waals surface area contributed by atoms with Crippen molar-refractivity contribution in [2.75, 3.05) is 0 Å². The molecule has 0 heterocycles. The van der Waals surface area contributed by atoms with Gasteiger partial charge in [0, 0.05) is 0 Å². The van der Waals surface area contributed by atoms with Crippen molar-refractivity contribution in [1.82, 2.24) is 0 Å². The summed E-state index contributed by atoms with van der Waals surface area (Å²) in [5, 5.41) is 0. The first-order chi connectivity index (χ1) is 21.8. The molecule has 0 fully saturated rings. The summed E-state index contributed by atoms with van der Waals surface area (Å²) in [5.74, 6) is 0. The molecule has 0 amide bonds. The molecule has 2 aliphatic rings. The zero-order valence-electron chi connectivity index (χ0n) is 30.5. The van der Waals surface area contributed by atoms with Gasteiger partial charge in [0.2, 0.25) is 0 Å². The third kappa shape index (κ3) is 4.75. The molecule has 4 aromatic rings. The quantitative estimate of drug-likeness (QED) is 0.171. The van der Waals surface area contributed by atoms with Gasteiger partial charge in [0.25, 0.3) is 0 Å². The van der Waals surface area contributed by atoms with E-state index in [0.717, 1.165) is 0 Å². The van der Waals surface area contributed by atoms with E-state index < -0.39 is 22.6 Å². The van der Waals surface area contributed by atoms with Crippen molar-refractivity contribution in [3.05, 3.63) is 127 Å². The van der Waals surface area contributed by atoms with E-state index in [9.17, 15) is 0 Å². The Hall–Kier alpha value is -2.55. The molecule has 4 aromatic carbocycles. The van der Waals surface area contributed by atoms with Gasteiger partial charge in [-0.1, -0.05) is 0 Å². The van der Waals surface area contributed by atoms with Crippen LogP contribution in [-0.4, -0.2) is 5.49 Å². The Balaban J connectivity index is 1.59. The number of benzene rings is 4. The zero-order valence-corrected chi connectivity index (χ0v) is 35.1. The topological polar surface area (TPSA) is 0 Å². The Labute approximate surface area is 280 Å². The summed E-state index contributed by atoms with van der Waals surface area (Å²) in [6, 6.07) is 22.0. The van der Waals surface area contributed by atoms with Crippen LogP contribution in [0.5, 0.6) is 0 Å². The van der Waals surface area contributed by atoms with Crippen molar-refractivity contribution in [3.63, 3.8) is 0 Å². The summed E-state index contributed by atoms with van der Waals surface area (Å²) < 4.78 is 6.90. The SMILES string of the molecule is CC[Si](CC)=[Hf]([CH3])([CH3])([CH]1C=Cc2c(-c3c(C)c(C)cc(C)c3C)cccc21)[CH]1C=Cc2c(-c3c(C)c(C)cc(C)c3C)cccc21. The van der Waals surface area contributed by atoms with Crippen LogP contribution in [0.3, 0.4) is 0 Å². The number of fused-ring (bicyclic) bond motifs is 2. The van der Waals surface area contributed by atoms with Crippen molar-refractivity contribution in [3.8, 4) is 22.3 Å². The van der Waals surface area contributed by atoms with Gasteiger partial charge >= 0.3 is 283 Å². The summed E-state index contributed by atoms with van der Waals surface area (Å²) in [5.41, 5.74) is 22.7. The van der Waals surface area contributed by atoms with Gasteiger partial charge < -0.3 is 0 Å². The van der Waals surface area contributed by atoms with Crippen LogP contribution < -0.4 is 0 Å². The van der Waals surface area contributed by atoms with Gasteiger partial charge in [-0.25, -0.2) is 0 Å². The van der Waals surface area contributed by atoms with Gasteiger partial charge in [-0.3, -0.25) is 0 Å². The van der Waals surface area contributed by atoms with Gasteiger partial charge in [-0.15, -0.1) is 0 Å². The van der Waals surface area contributed by atoms with Crippen LogP contribution in [-0.2, 0) is 17.1 Å². The second-order valence-electron chi connectivity index (χ2n) is 15.5. The van der Waals surface area contributed by atoms with Crippen LogP contribution in [0.4, 0.5) is 0 Å². The Morgan fingerprint density at radius 3 is 1.22 bits per heavy atom. The Morgan fingerprint density at radius 2 is 0.891 bits per heavy atom. The summed E-state index contributed by atoms with van der Waals surface area (Å²) >= 11 is -3.87. The van der Waals surface area contributed by atoms with Crippen molar-refractivity contribution in [2.24, 2.45) is 0 Å². The van der Waals surface area contributed by atoms with E-state index in [1.807, 2.05) is 0 Å². The standard InChI is InChI=1S/2C19H19.C4H10Si.2CH3.Hf/c2*1-12-11-13(2)15(4)19(14(12)3)18-10-6-8-16-7-5-9-17(16)18;1-3-5-4-2;;;/h2*5-11H,1-4H3;3-4H2,1-2H3;2*1H3;. The van der Waals surface area contributed by atoms with Crippen LogP contribution in [0.15, 0.2) is 60.7 Å². The van der Waals surface area contributed by atoms with Gasteiger partial charge in [0.15, 0.2) is 0 Å². The maximum absolute atomic E-state index is 3.87. The number of hydrogen-bond acceptors (Lipinski definition) is 0. The van der Waals surface area contributed by atoms with E-state index >= 15 is 0 Å². The van der Waals surface area contributed by atoms with Gasteiger partial charge in [0.05, 0.1) is 0 Å². The average molecular weight is 789 g/mol. The number of aryl methyl sites for hydroxylation is 4. The Bertz CT molecular complexity index is 1870. The first-order valence-electron chi connectivity index (χ1n) is 17.6. The van der Waals surface area contributed by atoms with Crippen LogP contribution in [0.1, 0.15) is 88.0 Å². The van der Waals surface area contributed by atoms with Gasteiger partial charge in [-0.05, 0) is 0 Å². The van der Waals surface area contributed by atoms with Crippen LogP contribution in [0.2, 0.25) is 21.4 Å². The van der Waals surface area contributed by atoms with Gasteiger partial charge in [-0.2, -0.15) is 0 Å². The Kier molecular flexibility index (Phi) is 8.59. The molecule has 0 aliphatic heterocycles. The van der Waals surface area contributed by atoms with Crippen LogP contribution in [0.25, 0.3) is 34.4 Å². The molecule has 0 radical (unpaired) electrons. The van der Waals surface area contributed by atoms with E-state index in [4.69, 9.17) is 0 Å². The van der Waals surface area contributed by atoms with Crippen molar-refractivity contribution in [2.45, 2.75) is 98.0 Å². The van der Waals surface area contributed by atoms with Crippen LogP contribution in [0, 0.1) is 55.4 Å². The molecule has 0 spiro atoms. The molecule has 2 heteroatoms. The molecule has 6 rings (SSSR count). The fourth-order valence-electron chi connectivity index (χ4n) is 9.90. The molecule has 2 atom stereocenters. The van der Waals surface area contributed by atoms with E-state index in [1.165, 1.54) is 90.0 Å². The summed E-state index contributed by atoms with van der Waals surface area (Å²) in [6.45, 7) is 23.4. The fraction of sp³-hybridized carbons (Fsp3) is 0.364. The molecule has 2 unspecified atom stereocenters. The molecule has 0 aromatic heterocycles. The average Bonchev–Trinajstić information content (AvgIpc) is 3.67. The Morgan fingerprint density at radius 1 is 0.543 bits per heavy atom. The minimum atomic E-state index is -3.87. The summed E-state index contributed by atoms with van der Waals surface area (Å²) in [4.78, 5) is 0. The van der Waals surface area contributed by atoms with E-state index in [-0.39, 0.29) is 0 Å². The van der Waals surface area contributed by atoms with E-state index in [0.29, 0.717) is 7.35 Å². The maximum atomic E-state index is 2.90. The molecule has 0 saturated carbocycles. The number of hydrogen-bond donors (Lipinski definition) is 0. The summed E-state index contributed by atoms with van der Waals surface area (Å²) in [7, 11) is 0. The van der Waals surface area contributed by atoms with E-state index in [1.54, 1.807) is 11.1 Å².